The number of carbonyl (C=O) groups excluding carboxylic acids is 1. The van der Waals surface area contributed by atoms with Crippen LogP contribution in [-0.4, -0.2) is 44.4 Å². The molecule has 2 atom stereocenters. The second-order valence-electron chi connectivity index (χ2n) is 3.26. The van der Waals surface area contributed by atoms with E-state index in [4.69, 9.17) is 16.7 Å². The topological polar surface area (TPSA) is 57.6 Å². The summed E-state index contributed by atoms with van der Waals surface area (Å²) in [5.41, 5.74) is 0. The molecule has 0 bridgehead atoms. The molecule has 2 saturated heterocycles. The highest BCUT2D eigenvalue weighted by Crippen LogP contribution is 2.40. The zero-order valence-corrected chi connectivity index (χ0v) is 8.27. The molecule has 0 spiro atoms. The molecule has 2 rings (SSSR count). The van der Waals surface area contributed by atoms with Gasteiger partial charge in [-0.2, -0.15) is 0 Å². The van der Waals surface area contributed by atoms with E-state index in [1.807, 2.05) is 0 Å². The first-order valence-electron chi connectivity index (χ1n) is 3.86. The van der Waals surface area contributed by atoms with Gasteiger partial charge in [-0.25, -0.2) is 0 Å². The Labute approximate surface area is 84.2 Å². The number of aliphatic carboxylic acids is 1. The van der Waals surface area contributed by atoms with Crippen LogP contribution in [0.25, 0.3) is 0 Å². The number of hydrogen-bond donors (Lipinski definition) is 1. The van der Waals surface area contributed by atoms with Gasteiger partial charge < -0.3 is 10.0 Å². The van der Waals surface area contributed by atoms with E-state index < -0.39 is 10.8 Å². The van der Waals surface area contributed by atoms with Gasteiger partial charge in [-0.05, 0) is 0 Å². The molecule has 72 valence electrons. The van der Waals surface area contributed by atoms with E-state index in [0.29, 0.717) is 12.2 Å². The number of alkyl halides is 1. The maximum Gasteiger partial charge on any atom is 0.327 e. The maximum absolute atomic E-state index is 11.0. The minimum atomic E-state index is -1.28. The number of carboxylic acid groups (broad SMARTS) is 1. The fraction of sp³-hybridized carbons (Fsp3) is 0.714. The first-order valence-corrected chi connectivity index (χ1v) is 5.29. The SMILES string of the molecule is O=C1C[C@H]2SCC(Cl)(C(=O)O)CN12. The molecule has 0 aliphatic carbocycles. The lowest BCUT2D eigenvalue weighted by Crippen LogP contribution is -2.62. The van der Waals surface area contributed by atoms with Crippen LogP contribution in [0.5, 0.6) is 0 Å². The van der Waals surface area contributed by atoms with Crippen molar-refractivity contribution in [2.45, 2.75) is 16.7 Å². The molecule has 4 nitrogen and oxygen atoms in total. The minimum absolute atomic E-state index is 0.00322. The summed E-state index contributed by atoms with van der Waals surface area (Å²) in [5.74, 6) is -0.665. The Morgan fingerprint density at radius 1 is 1.77 bits per heavy atom. The molecule has 2 aliphatic heterocycles. The number of fused-ring (bicyclic) bond motifs is 1. The van der Waals surface area contributed by atoms with Crippen LogP contribution in [0.1, 0.15) is 6.42 Å². The average Bonchev–Trinajstić information content (AvgIpc) is 2.07. The Kier molecular flexibility index (Phi) is 1.96. The number of β-lactam (4-membered cyclic amide) rings is 1. The highest BCUT2D eigenvalue weighted by atomic mass is 35.5. The van der Waals surface area contributed by atoms with E-state index in [9.17, 15) is 9.59 Å². The van der Waals surface area contributed by atoms with Crippen molar-refractivity contribution < 1.29 is 14.7 Å². The standard InChI is InChI=1S/C7H8ClNO3S/c8-7(6(11)12)2-9-4(10)1-5(9)13-3-7/h5H,1-3H2,(H,11,12)/t5-,7?/m1/s1. The number of carbonyl (C=O) groups is 2. The minimum Gasteiger partial charge on any atom is -0.480 e. The molecule has 1 N–H and O–H groups in total. The van der Waals surface area contributed by atoms with Crippen LogP contribution in [0.15, 0.2) is 0 Å². The van der Waals surface area contributed by atoms with Crippen LogP contribution >= 0.6 is 23.4 Å². The van der Waals surface area contributed by atoms with Crippen LogP contribution in [0.3, 0.4) is 0 Å². The molecule has 6 heteroatoms. The monoisotopic (exact) mass is 221 g/mol. The van der Waals surface area contributed by atoms with Gasteiger partial charge in [0.2, 0.25) is 5.91 Å². The Bertz CT molecular complexity index is 285. The number of hydrogen-bond acceptors (Lipinski definition) is 3. The van der Waals surface area contributed by atoms with E-state index in [0.717, 1.165) is 0 Å². The summed E-state index contributed by atoms with van der Waals surface area (Å²) >= 11 is 7.30. The third-order valence-corrected chi connectivity index (χ3v) is 4.36. The van der Waals surface area contributed by atoms with Gasteiger partial charge >= 0.3 is 5.97 Å². The summed E-state index contributed by atoms with van der Waals surface area (Å²) in [6.07, 6.45) is 0.525. The lowest BCUT2D eigenvalue weighted by molar-refractivity contribution is -0.146. The molecule has 1 unspecified atom stereocenters. The summed E-state index contributed by atoms with van der Waals surface area (Å²) in [6.45, 7) is 0.139. The normalized spacial score (nSPS) is 38.1. The number of halogens is 1. The van der Waals surface area contributed by atoms with Crippen molar-refractivity contribution in [2.24, 2.45) is 0 Å². The van der Waals surface area contributed by atoms with Gasteiger partial charge in [0.1, 0.15) is 0 Å². The second kappa shape index (κ2) is 2.78. The highest BCUT2D eigenvalue weighted by molar-refractivity contribution is 8.00. The lowest BCUT2D eigenvalue weighted by Gasteiger charge is -2.47. The van der Waals surface area contributed by atoms with Crippen molar-refractivity contribution in [2.75, 3.05) is 12.3 Å². The quantitative estimate of drug-likeness (QED) is 0.513. The molecule has 2 fully saturated rings. The van der Waals surface area contributed by atoms with E-state index in [2.05, 4.69) is 0 Å². The molecule has 0 radical (unpaired) electrons. The van der Waals surface area contributed by atoms with Crippen LogP contribution in [0, 0.1) is 0 Å². The second-order valence-corrected chi connectivity index (χ2v) is 5.15. The zero-order valence-electron chi connectivity index (χ0n) is 6.70. The van der Waals surface area contributed by atoms with Gasteiger partial charge in [0.15, 0.2) is 4.87 Å². The van der Waals surface area contributed by atoms with E-state index in [-0.39, 0.29) is 17.8 Å². The number of amides is 1. The lowest BCUT2D eigenvalue weighted by atomic mass is 10.1. The molecular formula is C7H8ClNO3S. The zero-order chi connectivity index (χ0) is 9.64. The fourth-order valence-corrected chi connectivity index (χ4v) is 3.06. The van der Waals surface area contributed by atoms with Crippen LogP contribution in [-0.2, 0) is 9.59 Å². The van der Waals surface area contributed by atoms with Crippen molar-refractivity contribution in [3.63, 3.8) is 0 Å². The predicted molar refractivity (Wildman–Crippen MR) is 48.8 cm³/mol. The van der Waals surface area contributed by atoms with Gasteiger partial charge in [-0.3, -0.25) is 9.59 Å². The van der Waals surface area contributed by atoms with Gasteiger partial charge in [-0.1, -0.05) is 0 Å². The molecule has 2 heterocycles. The molecule has 0 aromatic carbocycles. The van der Waals surface area contributed by atoms with Crippen molar-refractivity contribution >= 4 is 35.2 Å². The van der Waals surface area contributed by atoms with Gasteiger partial charge in [0.05, 0.1) is 18.3 Å². The van der Waals surface area contributed by atoms with Crippen molar-refractivity contribution in [3.05, 3.63) is 0 Å². The van der Waals surface area contributed by atoms with Gasteiger partial charge in [0, 0.05) is 5.75 Å². The van der Waals surface area contributed by atoms with Crippen molar-refractivity contribution in [1.82, 2.24) is 4.90 Å². The number of nitrogens with zero attached hydrogens (tertiary/aromatic N) is 1. The number of carboxylic acids is 1. The van der Waals surface area contributed by atoms with Crippen molar-refractivity contribution in [1.29, 1.82) is 0 Å². The smallest absolute Gasteiger partial charge is 0.327 e. The largest absolute Gasteiger partial charge is 0.480 e. The van der Waals surface area contributed by atoms with Crippen LogP contribution < -0.4 is 0 Å². The summed E-state index contributed by atoms with van der Waals surface area (Å²) < 4.78 is 0. The van der Waals surface area contributed by atoms with E-state index >= 15 is 0 Å². The number of rotatable bonds is 1. The molecule has 0 aromatic rings. The summed E-state index contributed by atoms with van der Waals surface area (Å²) in [7, 11) is 0. The Morgan fingerprint density at radius 3 is 3.00 bits per heavy atom. The van der Waals surface area contributed by atoms with Gasteiger partial charge in [0.25, 0.3) is 0 Å². The summed E-state index contributed by atoms with van der Waals surface area (Å²) in [6, 6.07) is 0. The average molecular weight is 222 g/mol. The molecule has 13 heavy (non-hydrogen) atoms. The van der Waals surface area contributed by atoms with Crippen LogP contribution in [0.4, 0.5) is 0 Å². The maximum atomic E-state index is 11.0. The molecule has 0 saturated carbocycles. The van der Waals surface area contributed by atoms with Gasteiger partial charge in [-0.15, -0.1) is 23.4 Å². The third kappa shape index (κ3) is 1.30. The molecule has 1 amide bonds. The Morgan fingerprint density at radius 2 is 2.46 bits per heavy atom. The highest BCUT2D eigenvalue weighted by Gasteiger charge is 2.50. The van der Waals surface area contributed by atoms with E-state index in [1.54, 1.807) is 0 Å². The fourth-order valence-electron chi connectivity index (χ4n) is 1.44. The molecule has 0 aromatic heterocycles. The first kappa shape index (κ1) is 9.15. The third-order valence-electron chi connectivity index (χ3n) is 2.33. The summed E-state index contributed by atoms with van der Waals surface area (Å²) in [4.78, 5) is 22.1. The molecular weight excluding hydrogens is 214 g/mol. The Balaban J connectivity index is 2.11. The molecule has 2 aliphatic rings. The number of thioether (sulfide) groups is 1. The summed E-state index contributed by atoms with van der Waals surface area (Å²) in [5, 5.41) is 8.99. The Hall–Kier alpha value is -0.420. The van der Waals surface area contributed by atoms with Crippen molar-refractivity contribution in [3.8, 4) is 0 Å². The predicted octanol–water partition coefficient (Wildman–Crippen LogP) is 0.354. The first-order chi connectivity index (χ1) is 6.03. The van der Waals surface area contributed by atoms with Crippen LogP contribution in [0.2, 0.25) is 0 Å². The van der Waals surface area contributed by atoms with E-state index in [1.165, 1.54) is 16.7 Å².